The van der Waals surface area contributed by atoms with E-state index in [1.165, 1.54) is 0 Å². The molecule has 0 spiro atoms. The summed E-state index contributed by atoms with van der Waals surface area (Å²) in [5, 5.41) is 0. The second-order valence-corrected chi connectivity index (χ2v) is 6.28. The van der Waals surface area contributed by atoms with Crippen LogP contribution >= 0.6 is 0 Å². The molecule has 30 heavy (non-hydrogen) atoms. The van der Waals surface area contributed by atoms with Crippen molar-refractivity contribution >= 4 is 10.4 Å². The van der Waals surface area contributed by atoms with E-state index in [9.17, 15) is 78.7 Å². The average Bonchev–Trinajstić information content (AvgIpc) is 2.51. The first-order valence-electron chi connectivity index (χ1n) is 6.20. The smallest absolute Gasteiger partial charge is 0.264 e. The van der Waals surface area contributed by atoms with Gasteiger partial charge in [0.1, 0.15) is 6.61 Å². The fourth-order valence-corrected chi connectivity index (χ4v) is 1.70. The zero-order valence-corrected chi connectivity index (χ0v) is 13.7. The van der Waals surface area contributed by atoms with E-state index in [1.807, 2.05) is 0 Å². The predicted octanol–water partition coefficient (Wildman–Crippen LogP) is 4.52. The molecule has 0 aliphatic heterocycles. The molecule has 0 amide bonds. The highest BCUT2D eigenvalue weighted by molar-refractivity contribution is 7.80. The Morgan fingerprint density at radius 2 is 0.933 bits per heavy atom. The molecule has 0 aliphatic carbocycles. The Kier molecular flexibility index (Phi) is 7.11. The van der Waals surface area contributed by atoms with Crippen molar-refractivity contribution in [3.63, 3.8) is 0 Å². The van der Waals surface area contributed by atoms with E-state index in [-0.39, 0.29) is 0 Å². The highest BCUT2D eigenvalue weighted by Gasteiger charge is 2.93. The van der Waals surface area contributed by atoms with Gasteiger partial charge < -0.3 is 0 Å². The first-order chi connectivity index (χ1) is 12.7. The van der Waals surface area contributed by atoms with Crippen molar-refractivity contribution in [3.8, 4) is 0 Å². The van der Waals surface area contributed by atoms with Crippen LogP contribution in [0.4, 0.5) is 70.2 Å². The highest BCUT2D eigenvalue weighted by atomic mass is 32.3. The van der Waals surface area contributed by atoms with Gasteiger partial charge in [0, 0.05) is 0 Å². The van der Waals surface area contributed by atoms with E-state index in [0.717, 1.165) is 0 Å². The van der Waals surface area contributed by atoms with E-state index in [4.69, 9.17) is 4.55 Å². The topological polar surface area (TPSA) is 63.6 Å². The number of alkyl halides is 16. The quantitative estimate of drug-likeness (QED) is 0.346. The zero-order chi connectivity index (χ0) is 25.0. The van der Waals surface area contributed by atoms with Crippen LogP contribution in [0.5, 0.6) is 0 Å². The molecule has 0 radical (unpaired) electrons. The van der Waals surface area contributed by atoms with Crippen molar-refractivity contribution in [1.29, 1.82) is 0 Å². The molecule has 0 rings (SSSR count). The molecule has 0 saturated carbocycles. The van der Waals surface area contributed by atoms with E-state index < -0.39 is 64.9 Å². The molecule has 0 fully saturated rings. The van der Waals surface area contributed by atoms with Crippen LogP contribution in [0.15, 0.2) is 0 Å². The van der Waals surface area contributed by atoms with E-state index in [1.54, 1.807) is 0 Å². The molecule has 4 nitrogen and oxygen atoms in total. The van der Waals surface area contributed by atoms with Gasteiger partial charge in [0.25, 0.3) is 0 Å². The third-order valence-electron chi connectivity index (χ3n) is 3.12. The summed E-state index contributed by atoms with van der Waals surface area (Å²) in [6.45, 7) is -3.67. The molecule has 182 valence electrons. The highest BCUT2D eigenvalue weighted by Crippen LogP contribution is 2.62. The molecule has 0 saturated heterocycles. The van der Waals surface area contributed by atoms with Gasteiger partial charge in [-0.3, -0.25) is 4.55 Å². The lowest BCUT2D eigenvalue weighted by atomic mass is 9.89. The van der Waals surface area contributed by atoms with E-state index in [2.05, 4.69) is 4.18 Å². The Morgan fingerprint density at radius 3 is 1.23 bits per heavy atom. The molecule has 0 heterocycles. The van der Waals surface area contributed by atoms with Crippen LogP contribution in [0.3, 0.4) is 0 Å². The van der Waals surface area contributed by atoms with Gasteiger partial charge in [-0.15, -0.1) is 0 Å². The number of rotatable bonds is 10. The molecule has 0 unspecified atom stereocenters. The van der Waals surface area contributed by atoms with Gasteiger partial charge in [-0.1, -0.05) is 0 Å². The summed E-state index contributed by atoms with van der Waals surface area (Å²) in [6, 6.07) is 0. The fraction of sp³-hybridized carbons (Fsp3) is 1.00. The van der Waals surface area contributed by atoms with Gasteiger partial charge in [-0.05, 0) is 0 Å². The van der Waals surface area contributed by atoms with Crippen LogP contribution in [0.25, 0.3) is 0 Å². The van der Waals surface area contributed by atoms with Crippen molar-refractivity contribution in [2.24, 2.45) is 0 Å². The minimum atomic E-state index is -8.59. The average molecular weight is 512 g/mol. The minimum Gasteiger partial charge on any atom is -0.264 e. The summed E-state index contributed by atoms with van der Waals surface area (Å²) in [7, 11) is -6.18. The third kappa shape index (κ3) is 4.10. The second-order valence-electron chi connectivity index (χ2n) is 5.19. The number of halogens is 16. The maximum atomic E-state index is 13.2. The van der Waals surface area contributed by atoms with E-state index in [0.29, 0.717) is 0 Å². The van der Waals surface area contributed by atoms with Crippen molar-refractivity contribution in [2.75, 3.05) is 6.61 Å². The lowest BCUT2D eigenvalue weighted by Crippen LogP contribution is -2.74. The fourth-order valence-electron chi connectivity index (χ4n) is 1.41. The summed E-state index contributed by atoms with van der Waals surface area (Å²) < 4.78 is 236. The normalized spacial score (nSPS) is 16.3. The lowest BCUT2D eigenvalue weighted by molar-refractivity contribution is -0.447. The molecule has 1 N–H and O–H groups in total. The van der Waals surface area contributed by atoms with Gasteiger partial charge in [0.15, 0.2) is 0 Å². The molecule has 0 aliphatic rings. The molecule has 21 heteroatoms. The molecule has 0 aromatic carbocycles. The number of hydrogen-bond acceptors (Lipinski definition) is 3. The van der Waals surface area contributed by atoms with Crippen molar-refractivity contribution in [2.45, 2.75) is 47.9 Å². The molecule has 0 atom stereocenters. The first-order valence-corrected chi connectivity index (χ1v) is 7.56. The molecular formula is C9H4F16O4S. The molecular weight excluding hydrogens is 508 g/mol. The van der Waals surface area contributed by atoms with Crippen molar-refractivity contribution in [1.82, 2.24) is 0 Å². The van der Waals surface area contributed by atoms with Gasteiger partial charge >= 0.3 is 58.3 Å². The Morgan fingerprint density at radius 1 is 0.633 bits per heavy atom. The van der Waals surface area contributed by atoms with Gasteiger partial charge in [0.2, 0.25) is 0 Å². The zero-order valence-electron chi connectivity index (χ0n) is 12.9. The summed E-state index contributed by atoms with van der Waals surface area (Å²) in [5.41, 5.74) is 0. The largest absolute Gasteiger partial charge is 0.397 e. The van der Waals surface area contributed by atoms with Crippen LogP contribution < -0.4 is 0 Å². The van der Waals surface area contributed by atoms with Gasteiger partial charge in [0.05, 0.1) is 0 Å². The summed E-state index contributed by atoms with van der Waals surface area (Å²) in [4.78, 5) is 0. The van der Waals surface area contributed by atoms with Crippen molar-refractivity contribution < 1.29 is 87.4 Å². The van der Waals surface area contributed by atoms with Crippen LogP contribution in [-0.2, 0) is 14.6 Å². The van der Waals surface area contributed by atoms with Crippen LogP contribution in [0, 0.1) is 0 Å². The molecule has 0 aromatic rings. The Labute approximate surface area is 153 Å². The standard InChI is InChI=1S/C9H4F16O4S/c10-2(11)4(14,15)6(18,19)8(22,23)9(24,25)7(20,21)5(16,17)3(12,13)1-29-30(26,27)28/h2H,1H2,(H,26,27,28). The summed E-state index contributed by atoms with van der Waals surface area (Å²) in [5.74, 6) is -56.3. The number of hydrogen-bond donors (Lipinski definition) is 1. The SMILES string of the molecule is O=S(=O)(O)OCC(F)(F)C(F)(F)C(F)(F)C(F)(F)C(F)(F)C(F)(F)C(F)(F)C(F)F. The maximum Gasteiger partial charge on any atom is 0.397 e. The second kappa shape index (κ2) is 7.41. The van der Waals surface area contributed by atoms with Gasteiger partial charge in [-0.25, -0.2) is 13.0 Å². The predicted molar refractivity (Wildman–Crippen MR) is 58.1 cm³/mol. The summed E-state index contributed by atoms with van der Waals surface area (Å²) in [6.07, 6.45) is -5.95. The monoisotopic (exact) mass is 512 g/mol. The van der Waals surface area contributed by atoms with Gasteiger partial charge in [-0.2, -0.15) is 69.9 Å². The Bertz CT molecular complexity index is 729. The van der Waals surface area contributed by atoms with Crippen molar-refractivity contribution in [3.05, 3.63) is 0 Å². The van der Waals surface area contributed by atoms with Crippen LogP contribution in [0.2, 0.25) is 0 Å². The first kappa shape index (κ1) is 28.8. The Balaban J connectivity index is 6.52. The minimum absolute atomic E-state index is 2.49. The lowest BCUT2D eigenvalue weighted by Gasteiger charge is -2.42. The maximum absolute atomic E-state index is 13.2. The molecule has 0 aromatic heterocycles. The Hall–Kier alpha value is -1.25. The third-order valence-corrected chi connectivity index (χ3v) is 3.53. The summed E-state index contributed by atoms with van der Waals surface area (Å²) >= 11 is 0. The van der Waals surface area contributed by atoms with Crippen LogP contribution in [-0.4, -0.2) is 67.5 Å². The molecule has 0 bridgehead atoms. The van der Waals surface area contributed by atoms with E-state index >= 15 is 0 Å². The van der Waals surface area contributed by atoms with Crippen LogP contribution in [0.1, 0.15) is 0 Å².